The van der Waals surface area contributed by atoms with Crippen molar-refractivity contribution in [2.45, 2.75) is 39.5 Å². The minimum atomic E-state index is -0.462. The van der Waals surface area contributed by atoms with Gasteiger partial charge < -0.3 is 19.2 Å². The molecule has 1 N–H and O–H groups in total. The lowest BCUT2D eigenvalue weighted by molar-refractivity contribution is -0.135. The first-order valence-corrected chi connectivity index (χ1v) is 8.07. The van der Waals surface area contributed by atoms with Gasteiger partial charge in [0.25, 0.3) is 0 Å². The van der Waals surface area contributed by atoms with Crippen molar-refractivity contribution < 1.29 is 19.1 Å². The van der Waals surface area contributed by atoms with E-state index < -0.39 is 5.43 Å². The summed E-state index contributed by atoms with van der Waals surface area (Å²) in [6.45, 7) is 8.00. The van der Waals surface area contributed by atoms with Crippen LogP contribution in [0.3, 0.4) is 0 Å². The Morgan fingerprint density at radius 2 is 2.00 bits per heavy atom. The maximum absolute atomic E-state index is 12.5. The zero-order valence-electron chi connectivity index (χ0n) is 14.0. The summed E-state index contributed by atoms with van der Waals surface area (Å²) in [6.07, 6.45) is 0.883. The maximum atomic E-state index is 12.5. The smallest absolute Gasteiger partial charge is 0.227 e. The molecule has 0 spiro atoms. The summed E-state index contributed by atoms with van der Waals surface area (Å²) in [5.74, 6) is 0.292. The van der Waals surface area contributed by atoms with E-state index in [0.717, 1.165) is 0 Å². The van der Waals surface area contributed by atoms with Crippen LogP contribution < -0.4 is 5.43 Å². The molecule has 1 fully saturated rings. The van der Waals surface area contributed by atoms with Gasteiger partial charge in [0.05, 0.1) is 13.2 Å². The lowest BCUT2D eigenvalue weighted by Gasteiger charge is -2.28. The standard InChI is InChI=1S/C17H25NO5/c1-11(2)8-13(10-15(20)18-4-6-22-7-5-18)17-16(21)14(19)9-12(3)23-17/h9,11,13,21H,4-8,10H2,1-3H3/t13-/m0/s1. The Bertz CT molecular complexity index is 601. The van der Waals surface area contributed by atoms with Crippen molar-refractivity contribution in [3.05, 3.63) is 27.8 Å². The summed E-state index contributed by atoms with van der Waals surface area (Å²) in [5.41, 5.74) is -0.462. The second kappa shape index (κ2) is 7.64. The van der Waals surface area contributed by atoms with Crippen LogP contribution in [0.2, 0.25) is 0 Å². The maximum Gasteiger partial charge on any atom is 0.227 e. The third kappa shape index (κ3) is 4.58. The molecule has 2 rings (SSSR count). The monoisotopic (exact) mass is 323 g/mol. The number of aromatic hydroxyl groups is 1. The SMILES string of the molecule is Cc1cc(=O)c(O)c([C@H](CC(=O)N2CCOCC2)CC(C)C)o1. The van der Waals surface area contributed by atoms with E-state index in [2.05, 4.69) is 0 Å². The number of carbonyl (C=O) groups excluding carboxylic acids is 1. The highest BCUT2D eigenvalue weighted by molar-refractivity contribution is 5.77. The molecule has 23 heavy (non-hydrogen) atoms. The van der Waals surface area contributed by atoms with E-state index in [-0.39, 0.29) is 29.8 Å². The summed E-state index contributed by atoms with van der Waals surface area (Å²) in [5, 5.41) is 10.1. The average Bonchev–Trinajstić information content (AvgIpc) is 2.50. The van der Waals surface area contributed by atoms with Gasteiger partial charge in [0.1, 0.15) is 5.76 Å². The van der Waals surface area contributed by atoms with Crippen LogP contribution in [-0.2, 0) is 9.53 Å². The van der Waals surface area contributed by atoms with E-state index in [4.69, 9.17) is 9.15 Å². The van der Waals surface area contributed by atoms with Crippen LogP contribution in [0.4, 0.5) is 0 Å². The Labute approximate surface area is 136 Å². The van der Waals surface area contributed by atoms with Gasteiger partial charge in [-0.15, -0.1) is 0 Å². The van der Waals surface area contributed by atoms with Gasteiger partial charge in [0.2, 0.25) is 17.1 Å². The molecule has 0 radical (unpaired) electrons. The normalized spacial score (nSPS) is 16.6. The molecule has 1 aromatic heterocycles. The minimum Gasteiger partial charge on any atom is -0.502 e. The highest BCUT2D eigenvalue weighted by atomic mass is 16.5. The molecule has 0 aliphatic carbocycles. The summed E-state index contributed by atoms with van der Waals surface area (Å²) in [7, 11) is 0. The summed E-state index contributed by atoms with van der Waals surface area (Å²) in [6, 6.07) is 1.26. The second-order valence-corrected chi connectivity index (χ2v) is 6.46. The Morgan fingerprint density at radius 3 is 2.61 bits per heavy atom. The van der Waals surface area contributed by atoms with E-state index in [1.165, 1.54) is 6.07 Å². The fourth-order valence-corrected chi connectivity index (χ4v) is 2.91. The molecule has 128 valence electrons. The van der Waals surface area contributed by atoms with E-state index in [1.54, 1.807) is 11.8 Å². The van der Waals surface area contributed by atoms with Gasteiger partial charge >= 0.3 is 0 Å². The summed E-state index contributed by atoms with van der Waals surface area (Å²) < 4.78 is 10.9. The first-order valence-electron chi connectivity index (χ1n) is 8.07. The number of aryl methyl sites for hydroxylation is 1. The number of ether oxygens (including phenoxy) is 1. The van der Waals surface area contributed by atoms with E-state index in [0.29, 0.717) is 44.4 Å². The Hall–Kier alpha value is -1.82. The van der Waals surface area contributed by atoms with Crippen molar-refractivity contribution in [2.75, 3.05) is 26.3 Å². The molecule has 1 atom stereocenters. The molecule has 0 bridgehead atoms. The van der Waals surface area contributed by atoms with Crippen LogP contribution in [0.1, 0.15) is 44.1 Å². The minimum absolute atomic E-state index is 0.00232. The van der Waals surface area contributed by atoms with E-state index >= 15 is 0 Å². The first-order chi connectivity index (χ1) is 10.9. The van der Waals surface area contributed by atoms with Crippen LogP contribution in [0.15, 0.2) is 15.3 Å². The lowest BCUT2D eigenvalue weighted by Crippen LogP contribution is -2.41. The molecule has 1 saturated heterocycles. The van der Waals surface area contributed by atoms with Gasteiger partial charge in [0, 0.05) is 31.5 Å². The number of amides is 1. The summed E-state index contributed by atoms with van der Waals surface area (Å²) in [4.78, 5) is 26.1. The van der Waals surface area contributed by atoms with Crippen molar-refractivity contribution in [1.82, 2.24) is 4.90 Å². The topological polar surface area (TPSA) is 80.0 Å². The number of rotatable bonds is 5. The van der Waals surface area contributed by atoms with Crippen molar-refractivity contribution in [1.29, 1.82) is 0 Å². The van der Waals surface area contributed by atoms with E-state index in [1.807, 2.05) is 13.8 Å². The van der Waals surface area contributed by atoms with Gasteiger partial charge in [-0.2, -0.15) is 0 Å². The van der Waals surface area contributed by atoms with Gasteiger partial charge in [-0.1, -0.05) is 13.8 Å². The van der Waals surface area contributed by atoms with Crippen LogP contribution >= 0.6 is 0 Å². The highest BCUT2D eigenvalue weighted by Gasteiger charge is 2.27. The van der Waals surface area contributed by atoms with Crippen LogP contribution in [0.25, 0.3) is 0 Å². The lowest BCUT2D eigenvalue weighted by atomic mass is 9.90. The van der Waals surface area contributed by atoms with Gasteiger partial charge in [-0.25, -0.2) is 0 Å². The zero-order chi connectivity index (χ0) is 17.0. The highest BCUT2D eigenvalue weighted by Crippen LogP contribution is 2.32. The number of hydrogen-bond acceptors (Lipinski definition) is 5. The third-order valence-corrected chi connectivity index (χ3v) is 3.98. The number of hydrogen-bond donors (Lipinski definition) is 1. The molecule has 1 aromatic rings. The predicted octanol–water partition coefficient (Wildman–Crippen LogP) is 2.03. The van der Waals surface area contributed by atoms with Crippen molar-refractivity contribution in [2.24, 2.45) is 5.92 Å². The molecule has 6 nitrogen and oxygen atoms in total. The van der Waals surface area contributed by atoms with Gasteiger partial charge in [0.15, 0.2) is 5.76 Å². The molecular weight excluding hydrogens is 298 g/mol. The number of nitrogens with zero attached hydrogens (tertiary/aromatic N) is 1. The Morgan fingerprint density at radius 1 is 1.35 bits per heavy atom. The summed E-state index contributed by atoms with van der Waals surface area (Å²) >= 11 is 0. The third-order valence-electron chi connectivity index (χ3n) is 3.98. The second-order valence-electron chi connectivity index (χ2n) is 6.46. The zero-order valence-corrected chi connectivity index (χ0v) is 14.0. The Kier molecular flexibility index (Phi) is 5.82. The molecule has 1 amide bonds. The molecular formula is C17H25NO5. The predicted molar refractivity (Wildman–Crippen MR) is 85.6 cm³/mol. The van der Waals surface area contributed by atoms with Crippen molar-refractivity contribution in [3.63, 3.8) is 0 Å². The molecule has 1 aliphatic heterocycles. The first kappa shape index (κ1) is 17.5. The van der Waals surface area contributed by atoms with Crippen LogP contribution in [0.5, 0.6) is 5.75 Å². The quantitative estimate of drug-likeness (QED) is 0.897. The molecule has 6 heteroatoms. The fourth-order valence-electron chi connectivity index (χ4n) is 2.91. The molecule has 0 saturated carbocycles. The van der Waals surface area contributed by atoms with Crippen LogP contribution in [-0.4, -0.2) is 42.2 Å². The molecule has 0 aromatic carbocycles. The largest absolute Gasteiger partial charge is 0.502 e. The number of morpholine rings is 1. The molecule has 1 aliphatic rings. The van der Waals surface area contributed by atoms with Crippen molar-refractivity contribution >= 4 is 5.91 Å². The molecule has 0 unspecified atom stereocenters. The number of carbonyl (C=O) groups is 1. The fraction of sp³-hybridized carbons (Fsp3) is 0.647. The van der Waals surface area contributed by atoms with Crippen LogP contribution in [0, 0.1) is 12.8 Å². The van der Waals surface area contributed by atoms with Gasteiger partial charge in [-0.3, -0.25) is 9.59 Å². The Balaban J connectivity index is 2.23. The van der Waals surface area contributed by atoms with Gasteiger partial charge in [-0.05, 0) is 19.3 Å². The molecule has 2 heterocycles. The van der Waals surface area contributed by atoms with E-state index in [9.17, 15) is 14.7 Å². The van der Waals surface area contributed by atoms with Crippen molar-refractivity contribution in [3.8, 4) is 5.75 Å². The average molecular weight is 323 g/mol.